The first-order chi connectivity index (χ1) is 13.3. The van der Waals surface area contributed by atoms with Crippen LogP contribution < -0.4 is 9.64 Å². The van der Waals surface area contributed by atoms with E-state index < -0.39 is 6.10 Å². The van der Waals surface area contributed by atoms with Crippen molar-refractivity contribution in [1.82, 2.24) is 4.90 Å². The first-order valence-corrected chi connectivity index (χ1v) is 10.3. The zero-order chi connectivity index (χ0) is 20.4. The van der Waals surface area contributed by atoms with Crippen LogP contribution in [0.3, 0.4) is 0 Å². The second kappa shape index (κ2) is 8.55. The van der Waals surface area contributed by atoms with Crippen molar-refractivity contribution in [1.29, 1.82) is 0 Å². The van der Waals surface area contributed by atoms with E-state index in [1.54, 1.807) is 23.8 Å². The highest BCUT2D eigenvalue weighted by atomic mass is 32.2. The molecule has 1 aliphatic heterocycles. The zero-order valence-corrected chi connectivity index (χ0v) is 17.9. The highest BCUT2D eigenvalue weighted by Crippen LogP contribution is 2.47. The van der Waals surface area contributed by atoms with E-state index in [1.165, 1.54) is 0 Å². The van der Waals surface area contributed by atoms with Gasteiger partial charge in [-0.05, 0) is 62.8 Å². The third kappa shape index (κ3) is 4.19. The molecule has 0 unspecified atom stereocenters. The molecule has 6 heteroatoms. The fourth-order valence-corrected chi connectivity index (χ4v) is 4.79. The Labute approximate surface area is 171 Å². The highest BCUT2D eigenvalue weighted by Gasteiger charge is 2.37. The molecule has 1 aliphatic rings. The predicted molar refractivity (Wildman–Crippen MR) is 114 cm³/mol. The first-order valence-electron chi connectivity index (χ1n) is 9.38. The molecule has 2 aromatic rings. The summed E-state index contributed by atoms with van der Waals surface area (Å²) < 4.78 is 5.24. The van der Waals surface area contributed by atoms with Gasteiger partial charge in [-0.25, -0.2) is 0 Å². The van der Waals surface area contributed by atoms with Gasteiger partial charge in [-0.1, -0.05) is 18.2 Å². The Balaban J connectivity index is 2.06. The lowest BCUT2D eigenvalue weighted by atomic mass is 10.1. The number of aliphatic hydroxyl groups is 1. The SMILES string of the molecule is COc1ccc([C@H]2Sc3c(C)cc(C)cc3N(CCN(C)C)C(=O)[C@H]2O)cc1. The Bertz CT molecular complexity index is 852. The summed E-state index contributed by atoms with van der Waals surface area (Å²) in [7, 11) is 5.59. The number of rotatable bonds is 5. The summed E-state index contributed by atoms with van der Waals surface area (Å²) in [5.74, 6) is 0.502. The number of anilines is 1. The molecule has 0 aromatic heterocycles. The molecule has 3 rings (SSSR count). The van der Waals surface area contributed by atoms with Gasteiger partial charge >= 0.3 is 0 Å². The summed E-state index contributed by atoms with van der Waals surface area (Å²) in [5, 5.41) is 10.6. The topological polar surface area (TPSA) is 53.0 Å². The van der Waals surface area contributed by atoms with Gasteiger partial charge in [-0.2, -0.15) is 0 Å². The molecule has 0 radical (unpaired) electrons. The van der Waals surface area contributed by atoms with E-state index in [-0.39, 0.29) is 11.2 Å². The van der Waals surface area contributed by atoms with E-state index in [4.69, 9.17) is 4.74 Å². The number of aryl methyl sites for hydroxylation is 2. The van der Waals surface area contributed by atoms with E-state index in [1.807, 2.05) is 56.3 Å². The molecule has 1 amide bonds. The number of carbonyl (C=O) groups is 1. The summed E-state index contributed by atoms with van der Waals surface area (Å²) in [4.78, 5) is 18.1. The lowest BCUT2D eigenvalue weighted by Crippen LogP contribution is -2.43. The molecule has 1 heterocycles. The lowest BCUT2D eigenvalue weighted by molar-refractivity contribution is -0.126. The molecule has 0 saturated carbocycles. The van der Waals surface area contributed by atoms with Gasteiger partial charge in [-0.3, -0.25) is 4.79 Å². The normalized spacial score (nSPS) is 19.5. The molecule has 0 bridgehead atoms. The maximum absolute atomic E-state index is 13.3. The molecule has 0 aliphatic carbocycles. The fourth-order valence-electron chi connectivity index (χ4n) is 3.46. The molecule has 2 atom stereocenters. The van der Waals surface area contributed by atoms with Crippen LogP contribution in [0.15, 0.2) is 41.3 Å². The molecular weight excluding hydrogens is 372 g/mol. The van der Waals surface area contributed by atoms with Crippen LogP contribution in [0.5, 0.6) is 5.75 Å². The van der Waals surface area contributed by atoms with Gasteiger partial charge in [0, 0.05) is 18.0 Å². The number of methoxy groups -OCH3 is 1. The molecule has 2 aromatic carbocycles. The molecular formula is C22H28N2O3S. The summed E-state index contributed by atoms with van der Waals surface area (Å²) in [5.41, 5.74) is 4.03. The Morgan fingerprint density at radius 2 is 1.86 bits per heavy atom. The van der Waals surface area contributed by atoms with Crippen LogP contribution in [0.2, 0.25) is 0 Å². The van der Waals surface area contributed by atoms with Crippen molar-refractivity contribution >= 4 is 23.4 Å². The second-order valence-electron chi connectivity index (χ2n) is 7.48. The molecule has 0 saturated heterocycles. The number of benzene rings is 2. The number of thioether (sulfide) groups is 1. The van der Waals surface area contributed by atoms with Gasteiger partial charge in [0.2, 0.25) is 0 Å². The molecule has 0 spiro atoms. The van der Waals surface area contributed by atoms with Crippen molar-refractivity contribution in [2.24, 2.45) is 0 Å². The van der Waals surface area contributed by atoms with E-state index in [9.17, 15) is 9.90 Å². The summed E-state index contributed by atoms with van der Waals surface area (Å²) in [6.07, 6.45) is -1.12. The van der Waals surface area contributed by atoms with Crippen molar-refractivity contribution in [2.45, 2.75) is 30.1 Å². The summed E-state index contributed by atoms with van der Waals surface area (Å²) in [6, 6.07) is 11.8. The predicted octanol–water partition coefficient (Wildman–Crippen LogP) is 3.41. The van der Waals surface area contributed by atoms with Crippen molar-refractivity contribution < 1.29 is 14.6 Å². The van der Waals surface area contributed by atoms with Crippen molar-refractivity contribution in [3.63, 3.8) is 0 Å². The van der Waals surface area contributed by atoms with Gasteiger partial charge in [0.05, 0.1) is 18.0 Å². The maximum Gasteiger partial charge on any atom is 0.257 e. The fraction of sp³-hybridized carbons (Fsp3) is 0.409. The van der Waals surface area contributed by atoms with Gasteiger partial charge in [0.15, 0.2) is 0 Å². The lowest BCUT2D eigenvalue weighted by Gasteiger charge is -2.27. The first kappa shape index (κ1) is 20.7. The minimum atomic E-state index is -1.12. The van der Waals surface area contributed by atoms with Crippen LogP contribution in [-0.4, -0.2) is 56.3 Å². The Morgan fingerprint density at radius 1 is 1.18 bits per heavy atom. The average Bonchev–Trinajstić information content (AvgIpc) is 2.76. The number of carbonyl (C=O) groups excluding carboxylic acids is 1. The second-order valence-corrected chi connectivity index (χ2v) is 8.63. The maximum atomic E-state index is 13.3. The highest BCUT2D eigenvalue weighted by molar-refractivity contribution is 7.99. The largest absolute Gasteiger partial charge is 0.497 e. The number of amides is 1. The Morgan fingerprint density at radius 3 is 2.46 bits per heavy atom. The van der Waals surface area contributed by atoms with Crippen molar-refractivity contribution in [3.8, 4) is 5.75 Å². The van der Waals surface area contributed by atoms with E-state index in [0.29, 0.717) is 6.54 Å². The number of fused-ring (bicyclic) bond motifs is 1. The Hall–Kier alpha value is -2.02. The third-order valence-electron chi connectivity index (χ3n) is 4.96. The zero-order valence-electron chi connectivity index (χ0n) is 17.1. The van der Waals surface area contributed by atoms with Crippen LogP contribution in [0.1, 0.15) is 21.9 Å². The smallest absolute Gasteiger partial charge is 0.257 e. The summed E-state index contributed by atoms with van der Waals surface area (Å²) >= 11 is 1.56. The van der Waals surface area contributed by atoms with Crippen LogP contribution in [0, 0.1) is 13.8 Å². The van der Waals surface area contributed by atoms with Crippen LogP contribution >= 0.6 is 11.8 Å². The van der Waals surface area contributed by atoms with Crippen LogP contribution in [-0.2, 0) is 4.79 Å². The van der Waals surface area contributed by atoms with Crippen LogP contribution in [0.4, 0.5) is 5.69 Å². The standard InChI is InChI=1S/C22H28N2O3S/c1-14-12-15(2)20-18(13-14)24(11-10-23(3)4)22(26)19(25)21(28-20)16-6-8-17(27-5)9-7-16/h6-9,12-13,19,21,25H,10-11H2,1-5H3/t19-,21+/m0/s1. The molecule has 28 heavy (non-hydrogen) atoms. The average molecular weight is 401 g/mol. The number of nitrogens with zero attached hydrogens (tertiary/aromatic N) is 2. The molecule has 0 fully saturated rings. The monoisotopic (exact) mass is 400 g/mol. The molecule has 150 valence electrons. The van der Waals surface area contributed by atoms with Gasteiger partial charge < -0.3 is 19.6 Å². The number of aliphatic hydroxyl groups excluding tert-OH is 1. The number of likely N-dealkylation sites (N-methyl/N-ethyl adjacent to an activating group) is 1. The third-order valence-corrected chi connectivity index (χ3v) is 6.51. The van der Waals surface area contributed by atoms with E-state index >= 15 is 0 Å². The quantitative estimate of drug-likeness (QED) is 0.834. The van der Waals surface area contributed by atoms with Gasteiger partial charge in [0.25, 0.3) is 5.91 Å². The molecule has 5 nitrogen and oxygen atoms in total. The van der Waals surface area contributed by atoms with Crippen molar-refractivity contribution in [3.05, 3.63) is 53.1 Å². The molecule has 1 N–H and O–H groups in total. The summed E-state index contributed by atoms with van der Waals surface area (Å²) in [6.45, 7) is 5.36. The number of hydrogen-bond acceptors (Lipinski definition) is 5. The van der Waals surface area contributed by atoms with Gasteiger partial charge in [0.1, 0.15) is 11.9 Å². The van der Waals surface area contributed by atoms with Crippen LogP contribution in [0.25, 0.3) is 0 Å². The minimum Gasteiger partial charge on any atom is -0.497 e. The minimum absolute atomic E-state index is 0.251. The van der Waals surface area contributed by atoms with E-state index in [2.05, 4.69) is 13.0 Å². The van der Waals surface area contributed by atoms with Gasteiger partial charge in [-0.15, -0.1) is 11.8 Å². The Kier molecular flexibility index (Phi) is 6.33. The van der Waals surface area contributed by atoms with Crippen molar-refractivity contribution in [2.75, 3.05) is 39.2 Å². The number of hydrogen-bond donors (Lipinski definition) is 1. The number of ether oxygens (including phenoxy) is 1. The van der Waals surface area contributed by atoms with E-state index in [0.717, 1.165) is 39.6 Å².